The lowest BCUT2D eigenvalue weighted by atomic mass is 9.99. The lowest BCUT2D eigenvalue weighted by Gasteiger charge is -2.35. The Morgan fingerprint density at radius 1 is 1.52 bits per heavy atom. The van der Waals surface area contributed by atoms with Gasteiger partial charge in [-0.15, -0.1) is 11.3 Å². The van der Waals surface area contributed by atoms with Crippen molar-refractivity contribution >= 4 is 17.3 Å². The number of aliphatic imine (C=N–C) groups is 1. The van der Waals surface area contributed by atoms with E-state index in [0.29, 0.717) is 12.6 Å². The summed E-state index contributed by atoms with van der Waals surface area (Å²) in [6.45, 7) is 12.9. The maximum atomic E-state index is 10.6. The summed E-state index contributed by atoms with van der Waals surface area (Å²) in [6.07, 6.45) is 2.64. The van der Waals surface area contributed by atoms with Crippen molar-refractivity contribution in [1.29, 1.82) is 0 Å². The van der Waals surface area contributed by atoms with Gasteiger partial charge in [0.25, 0.3) is 0 Å². The molecule has 0 amide bonds. The second-order valence-corrected chi connectivity index (χ2v) is 8.37. The van der Waals surface area contributed by atoms with Gasteiger partial charge in [-0.25, -0.2) is 4.99 Å². The first-order valence-electron chi connectivity index (χ1n) is 9.45. The minimum atomic E-state index is -0.926. The zero-order valence-corrected chi connectivity index (χ0v) is 16.9. The number of piperidine rings is 1. The molecule has 1 aromatic rings. The minimum Gasteiger partial charge on any atom is -0.383 e. The van der Waals surface area contributed by atoms with Gasteiger partial charge in [-0.2, -0.15) is 0 Å². The first kappa shape index (κ1) is 20.2. The van der Waals surface area contributed by atoms with Crippen LogP contribution in [0.2, 0.25) is 0 Å². The molecule has 3 N–H and O–H groups in total. The average Bonchev–Trinajstić information content (AvgIpc) is 3.12. The van der Waals surface area contributed by atoms with E-state index in [4.69, 9.17) is 0 Å². The number of thiophene rings is 1. The van der Waals surface area contributed by atoms with E-state index < -0.39 is 5.60 Å². The Morgan fingerprint density at radius 3 is 2.96 bits per heavy atom. The number of rotatable bonds is 7. The topological polar surface area (TPSA) is 59.9 Å². The van der Waals surface area contributed by atoms with E-state index in [9.17, 15) is 5.11 Å². The summed E-state index contributed by atoms with van der Waals surface area (Å²) in [4.78, 5) is 8.11. The van der Waals surface area contributed by atoms with Crippen LogP contribution in [0.25, 0.3) is 0 Å². The van der Waals surface area contributed by atoms with Gasteiger partial charge in [0.05, 0.1) is 6.54 Å². The van der Waals surface area contributed by atoms with Crippen molar-refractivity contribution in [2.24, 2.45) is 10.9 Å². The number of nitrogens with zero attached hydrogens (tertiary/aromatic N) is 2. The van der Waals surface area contributed by atoms with Crippen molar-refractivity contribution in [1.82, 2.24) is 15.5 Å². The van der Waals surface area contributed by atoms with Crippen LogP contribution in [0.1, 0.15) is 45.4 Å². The Bertz CT molecular complexity index is 530. The summed E-state index contributed by atoms with van der Waals surface area (Å²) in [5.74, 6) is 1.57. The van der Waals surface area contributed by atoms with Crippen LogP contribution in [0.4, 0.5) is 0 Å². The second-order valence-electron chi connectivity index (χ2n) is 7.42. The Labute approximate surface area is 156 Å². The molecule has 1 aromatic heterocycles. The van der Waals surface area contributed by atoms with Gasteiger partial charge in [-0.05, 0) is 57.5 Å². The van der Waals surface area contributed by atoms with Gasteiger partial charge < -0.3 is 15.7 Å². The average molecular weight is 367 g/mol. The van der Waals surface area contributed by atoms with Crippen molar-refractivity contribution in [3.05, 3.63) is 22.4 Å². The van der Waals surface area contributed by atoms with E-state index in [1.54, 1.807) is 11.3 Å². The first-order chi connectivity index (χ1) is 11.9. The highest BCUT2D eigenvalue weighted by Crippen LogP contribution is 2.25. The van der Waals surface area contributed by atoms with Crippen molar-refractivity contribution in [3.8, 4) is 0 Å². The van der Waals surface area contributed by atoms with Crippen LogP contribution in [0, 0.1) is 5.92 Å². The molecule has 1 aliphatic heterocycles. The largest absolute Gasteiger partial charge is 0.383 e. The molecular formula is C19H34N4OS. The Balaban J connectivity index is 1.89. The number of aliphatic hydroxyl groups is 1. The van der Waals surface area contributed by atoms with E-state index in [1.165, 1.54) is 25.9 Å². The summed E-state index contributed by atoms with van der Waals surface area (Å²) in [7, 11) is 0. The highest BCUT2D eigenvalue weighted by atomic mass is 32.1. The molecule has 1 aliphatic rings. The SMILES string of the molecule is CCNC(=NCC(C)(O)c1cccs1)NCC(C)N1CCCC(C)C1. The van der Waals surface area contributed by atoms with Gasteiger partial charge in [-0.1, -0.05) is 13.0 Å². The molecule has 0 aromatic carbocycles. The second kappa shape index (κ2) is 9.55. The van der Waals surface area contributed by atoms with Crippen LogP contribution in [0.3, 0.4) is 0 Å². The fourth-order valence-corrected chi connectivity index (χ4v) is 4.02. The quantitative estimate of drug-likeness (QED) is 0.513. The fraction of sp³-hybridized carbons (Fsp3) is 0.737. The zero-order valence-electron chi connectivity index (χ0n) is 16.1. The zero-order chi connectivity index (χ0) is 18.3. The van der Waals surface area contributed by atoms with Gasteiger partial charge in [0.1, 0.15) is 5.60 Å². The van der Waals surface area contributed by atoms with Gasteiger partial charge >= 0.3 is 0 Å². The van der Waals surface area contributed by atoms with Gasteiger partial charge in [-0.3, -0.25) is 4.90 Å². The maximum Gasteiger partial charge on any atom is 0.191 e. The van der Waals surface area contributed by atoms with E-state index in [-0.39, 0.29) is 0 Å². The molecule has 6 heteroatoms. The summed E-state index contributed by atoms with van der Waals surface area (Å²) >= 11 is 1.57. The number of likely N-dealkylation sites (tertiary alicyclic amines) is 1. The van der Waals surface area contributed by atoms with Crippen molar-refractivity contribution < 1.29 is 5.11 Å². The van der Waals surface area contributed by atoms with E-state index in [0.717, 1.165) is 29.8 Å². The van der Waals surface area contributed by atoms with Gasteiger partial charge in [0.15, 0.2) is 5.96 Å². The molecule has 2 heterocycles. The maximum absolute atomic E-state index is 10.6. The molecule has 25 heavy (non-hydrogen) atoms. The lowest BCUT2D eigenvalue weighted by Crippen LogP contribution is -2.48. The normalized spacial score (nSPS) is 23.1. The third-order valence-electron chi connectivity index (χ3n) is 4.82. The molecule has 0 saturated carbocycles. The van der Waals surface area contributed by atoms with Crippen LogP contribution >= 0.6 is 11.3 Å². The third kappa shape index (κ3) is 6.28. The Morgan fingerprint density at radius 2 is 2.32 bits per heavy atom. The minimum absolute atomic E-state index is 0.345. The van der Waals surface area contributed by atoms with Crippen molar-refractivity contribution in [2.75, 3.05) is 32.7 Å². The highest BCUT2D eigenvalue weighted by molar-refractivity contribution is 7.10. The smallest absolute Gasteiger partial charge is 0.191 e. The van der Waals surface area contributed by atoms with E-state index in [2.05, 4.69) is 41.3 Å². The first-order valence-corrected chi connectivity index (χ1v) is 10.3. The van der Waals surface area contributed by atoms with E-state index in [1.807, 2.05) is 24.4 Å². The van der Waals surface area contributed by atoms with Crippen LogP contribution < -0.4 is 10.6 Å². The molecule has 5 nitrogen and oxygen atoms in total. The number of hydrogen-bond donors (Lipinski definition) is 3. The molecule has 1 saturated heterocycles. The standard InChI is InChI=1S/C19H34N4OS/c1-5-20-18(22-14-19(4,24)17-9-7-11-25-17)21-12-16(3)23-10-6-8-15(2)13-23/h7,9,11,15-16,24H,5-6,8,10,12-14H2,1-4H3,(H2,20,21,22). The molecule has 3 atom stereocenters. The van der Waals surface area contributed by atoms with E-state index >= 15 is 0 Å². The Kier molecular flexibility index (Phi) is 7.72. The number of guanidine groups is 1. The molecule has 3 unspecified atom stereocenters. The number of hydrogen-bond acceptors (Lipinski definition) is 4. The highest BCUT2D eigenvalue weighted by Gasteiger charge is 2.24. The molecular weight excluding hydrogens is 332 g/mol. The van der Waals surface area contributed by atoms with Gasteiger partial charge in [0.2, 0.25) is 0 Å². The summed E-state index contributed by atoms with van der Waals surface area (Å²) in [6, 6.07) is 4.40. The summed E-state index contributed by atoms with van der Waals surface area (Å²) in [5, 5.41) is 19.3. The molecule has 2 rings (SSSR count). The molecule has 0 radical (unpaired) electrons. The molecule has 0 bridgehead atoms. The predicted molar refractivity (Wildman–Crippen MR) is 107 cm³/mol. The molecule has 0 aliphatic carbocycles. The lowest BCUT2D eigenvalue weighted by molar-refractivity contribution is 0.0711. The number of nitrogens with one attached hydrogen (secondary N) is 2. The summed E-state index contributed by atoms with van der Waals surface area (Å²) < 4.78 is 0. The van der Waals surface area contributed by atoms with Crippen LogP contribution in [-0.2, 0) is 5.60 Å². The summed E-state index contributed by atoms with van der Waals surface area (Å²) in [5.41, 5.74) is -0.926. The van der Waals surface area contributed by atoms with Crippen molar-refractivity contribution in [2.45, 2.75) is 52.2 Å². The van der Waals surface area contributed by atoms with Crippen LogP contribution in [-0.4, -0.2) is 54.7 Å². The predicted octanol–water partition coefficient (Wildman–Crippen LogP) is 2.63. The Hall–Kier alpha value is -1.11. The van der Waals surface area contributed by atoms with Crippen LogP contribution in [0.5, 0.6) is 0 Å². The van der Waals surface area contributed by atoms with Crippen LogP contribution in [0.15, 0.2) is 22.5 Å². The monoisotopic (exact) mass is 366 g/mol. The molecule has 142 valence electrons. The third-order valence-corrected chi connectivity index (χ3v) is 5.94. The van der Waals surface area contributed by atoms with Gasteiger partial charge in [0, 0.05) is 30.6 Å². The van der Waals surface area contributed by atoms with Crippen molar-refractivity contribution in [3.63, 3.8) is 0 Å². The molecule has 0 spiro atoms. The molecule has 1 fully saturated rings. The fourth-order valence-electron chi connectivity index (χ4n) is 3.24.